The molecule has 2 aromatic rings. The fraction of sp³-hybridized carbons (Fsp3) is 0.348. The lowest BCUT2D eigenvalue weighted by Crippen LogP contribution is -2.40. The average molecular weight is 496 g/mol. The normalized spacial score (nSPS) is 14.9. The highest BCUT2D eigenvalue weighted by atomic mass is 35.5. The molecule has 3 rings (SSSR count). The molecular formula is C23H26ClNO7S. The molecule has 0 radical (unpaired) electrons. The largest absolute Gasteiger partial charge is 0.491 e. The lowest BCUT2D eigenvalue weighted by Gasteiger charge is -2.26. The molecule has 0 saturated carbocycles. The molecule has 0 N–H and O–H groups in total. The second kappa shape index (κ2) is 11.5. The predicted molar refractivity (Wildman–Crippen MR) is 124 cm³/mol. The number of morpholine rings is 1. The van der Waals surface area contributed by atoms with E-state index < -0.39 is 16.0 Å². The van der Waals surface area contributed by atoms with Crippen molar-refractivity contribution < 1.29 is 32.2 Å². The summed E-state index contributed by atoms with van der Waals surface area (Å²) >= 11 is 6.22. The highest BCUT2D eigenvalue weighted by molar-refractivity contribution is 7.89. The Balaban J connectivity index is 1.64. The van der Waals surface area contributed by atoms with E-state index in [1.165, 1.54) is 29.6 Å². The summed E-state index contributed by atoms with van der Waals surface area (Å²) < 4.78 is 48.3. The molecule has 0 bridgehead atoms. The highest BCUT2D eigenvalue weighted by Gasteiger charge is 2.26. The van der Waals surface area contributed by atoms with E-state index in [9.17, 15) is 13.2 Å². The lowest BCUT2D eigenvalue weighted by atomic mass is 10.2. The standard InChI is InChI=1S/C23H26ClNO7S/c1-3-31-21-15-17(14-20(24)23(21)29-2)7-8-22(26)32-16-18-5-4-6-19(13-18)33(27,28)25-9-11-30-12-10-25/h4-8,13-15H,3,9-12,16H2,1-2H3/b8-7+. The first-order chi connectivity index (χ1) is 15.8. The van der Waals surface area contributed by atoms with Crippen LogP contribution in [0.15, 0.2) is 47.4 Å². The number of hydrogen-bond donors (Lipinski definition) is 0. The Kier molecular flexibility index (Phi) is 8.74. The number of halogens is 1. The number of esters is 1. The van der Waals surface area contributed by atoms with E-state index in [2.05, 4.69) is 0 Å². The van der Waals surface area contributed by atoms with E-state index in [0.29, 0.717) is 60.6 Å². The zero-order chi connectivity index (χ0) is 23.8. The maximum Gasteiger partial charge on any atom is 0.331 e. The van der Waals surface area contributed by atoms with Gasteiger partial charge in [0.05, 0.1) is 36.8 Å². The van der Waals surface area contributed by atoms with Crippen molar-refractivity contribution in [1.29, 1.82) is 0 Å². The molecule has 2 aromatic carbocycles. The van der Waals surface area contributed by atoms with E-state index in [4.69, 9.17) is 30.5 Å². The molecule has 1 aliphatic heterocycles. The molecule has 0 spiro atoms. The van der Waals surface area contributed by atoms with Gasteiger partial charge in [-0.15, -0.1) is 0 Å². The van der Waals surface area contributed by atoms with Crippen LogP contribution in [0.3, 0.4) is 0 Å². The van der Waals surface area contributed by atoms with E-state index >= 15 is 0 Å². The summed E-state index contributed by atoms with van der Waals surface area (Å²) in [6.07, 6.45) is 2.82. The molecular weight excluding hydrogens is 470 g/mol. The fourth-order valence-electron chi connectivity index (χ4n) is 3.24. The molecule has 0 aromatic heterocycles. The second-order valence-corrected chi connectivity index (χ2v) is 9.42. The van der Waals surface area contributed by atoms with Crippen molar-refractivity contribution >= 4 is 33.7 Å². The number of ether oxygens (including phenoxy) is 4. The van der Waals surface area contributed by atoms with Crippen molar-refractivity contribution in [3.05, 3.63) is 58.6 Å². The van der Waals surface area contributed by atoms with Crippen LogP contribution in [0.2, 0.25) is 5.02 Å². The monoisotopic (exact) mass is 495 g/mol. The molecule has 0 unspecified atom stereocenters. The van der Waals surface area contributed by atoms with Gasteiger partial charge >= 0.3 is 5.97 Å². The van der Waals surface area contributed by atoms with Gasteiger partial charge in [-0.3, -0.25) is 0 Å². The van der Waals surface area contributed by atoms with Gasteiger partial charge in [0, 0.05) is 19.2 Å². The predicted octanol–water partition coefficient (Wildman–Crippen LogP) is 3.52. The van der Waals surface area contributed by atoms with Crippen molar-refractivity contribution in [1.82, 2.24) is 4.31 Å². The number of methoxy groups -OCH3 is 1. The van der Waals surface area contributed by atoms with Crippen LogP contribution >= 0.6 is 11.6 Å². The summed E-state index contributed by atoms with van der Waals surface area (Å²) in [5.41, 5.74) is 1.21. The second-order valence-electron chi connectivity index (χ2n) is 7.07. The van der Waals surface area contributed by atoms with Crippen LogP contribution in [0.1, 0.15) is 18.1 Å². The van der Waals surface area contributed by atoms with Crippen molar-refractivity contribution in [3.8, 4) is 11.5 Å². The molecule has 1 fully saturated rings. The van der Waals surface area contributed by atoms with E-state index in [1.54, 1.807) is 30.3 Å². The average Bonchev–Trinajstić information content (AvgIpc) is 2.82. The van der Waals surface area contributed by atoms with Crippen LogP contribution in [0, 0.1) is 0 Å². The summed E-state index contributed by atoms with van der Waals surface area (Å²) in [5, 5.41) is 0.356. The first-order valence-corrected chi connectivity index (χ1v) is 12.2. The molecule has 1 saturated heterocycles. The molecule has 0 aliphatic carbocycles. The van der Waals surface area contributed by atoms with Crippen molar-refractivity contribution in [2.45, 2.75) is 18.4 Å². The third-order valence-electron chi connectivity index (χ3n) is 4.84. The zero-order valence-electron chi connectivity index (χ0n) is 18.5. The van der Waals surface area contributed by atoms with E-state index in [-0.39, 0.29) is 11.5 Å². The van der Waals surface area contributed by atoms with Crippen LogP contribution in [0.5, 0.6) is 11.5 Å². The highest BCUT2D eigenvalue weighted by Crippen LogP contribution is 2.36. The van der Waals surface area contributed by atoms with E-state index in [1.807, 2.05) is 6.92 Å². The first-order valence-electron chi connectivity index (χ1n) is 10.4. The van der Waals surface area contributed by atoms with Crippen LogP contribution < -0.4 is 9.47 Å². The van der Waals surface area contributed by atoms with Gasteiger partial charge in [-0.1, -0.05) is 23.7 Å². The summed E-state index contributed by atoms with van der Waals surface area (Å²) in [4.78, 5) is 12.4. The van der Waals surface area contributed by atoms with Gasteiger partial charge in [0.15, 0.2) is 11.5 Å². The molecule has 0 amide bonds. The topological polar surface area (TPSA) is 91.4 Å². The Labute approximate surface area is 198 Å². The number of rotatable bonds is 9. The van der Waals surface area contributed by atoms with Crippen LogP contribution in [0.4, 0.5) is 0 Å². The fourth-order valence-corrected chi connectivity index (χ4v) is 5.02. The molecule has 1 aliphatic rings. The molecule has 8 nitrogen and oxygen atoms in total. The quantitative estimate of drug-likeness (QED) is 0.388. The van der Waals surface area contributed by atoms with Gasteiger partial charge in [-0.25, -0.2) is 13.2 Å². The molecule has 10 heteroatoms. The Hall–Kier alpha value is -2.59. The van der Waals surface area contributed by atoms with Gasteiger partial charge < -0.3 is 18.9 Å². The first kappa shape index (κ1) is 25.0. The number of nitrogens with zero attached hydrogens (tertiary/aromatic N) is 1. The van der Waals surface area contributed by atoms with Crippen LogP contribution in [0.25, 0.3) is 6.08 Å². The van der Waals surface area contributed by atoms with Crippen molar-refractivity contribution in [2.24, 2.45) is 0 Å². The maximum absolute atomic E-state index is 12.8. The minimum Gasteiger partial charge on any atom is -0.491 e. The maximum atomic E-state index is 12.8. The Bertz CT molecular complexity index is 1110. The minimum atomic E-state index is -3.62. The number of benzene rings is 2. The Morgan fingerprint density at radius 2 is 1.97 bits per heavy atom. The third-order valence-corrected chi connectivity index (χ3v) is 7.01. The molecule has 178 valence electrons. The molecule has 1 heterocycles. The van der Waals surface area contributed by atoms with Crippen molar-refractivity contribution in [2.75, 3.05) is 40.0 Å². The van der Waals surface area contributed by atoms with Gasteiger partial charge in [-0.2, -0.15) is 4.31 Å². The number of carbonyl (C=O) groups excluding carboxylic acids is 1. The zero-order valence-corrected chi connectivity index (χ0v) is 20.0. The SMILES string of the molecule is CCOc1cc(/C=C/C(=O)OCc2cccc(S(=O)(=O)N3CCOCC3)c2)cc(Cl)c1OC. The van der Waals surface area contributed by atoms with Gasteiger partial charge in [0.2, 0.25) is 10.0 Å². The van der Waals surface area contributed by atoms with Crippen molar-refractivity contribution in [3.63, 3.8) is 0 Å². The van der Waals surface area contributed by atoms with Gasteiger partial charge in [-0.05, 0) is 48.4 Å². The van der Waals surface area contributed by atoms with E-state index in [0.717, 1.165) is 0 Å². The third kappa shape index (κ3) is 6.48. The molecule has 33 heavy (non-hydrogen) atoms. The summed E-state index contributed by atoms with van der Waals surface area (Å²) in [6.45, 7) is 3.57. The van der Waals surface area contributed by atoms with Gasteiger partial charge in [0.25, 0.3) is 0 Å². The Morgan fingerprint density at radius 3 is 2.67 bits per heavy atom. The Morgan fingerprint density at radius 1 is 1.21 bits per heavy atom. The van der Waals surface area contributed by atoms with Crippen LogP contribution in [-0.4, -0.2) is 58.7 Å². The molecule has 0 atom stereocenters. The van der Waals surface area contributed by atoms with Crippen LogP contribution in [-0.2, 0) is 30.9 Å². The summed E-state index contributed by atoms with van der Waals surface area (Å²) in [7, 11) is -2.13. The van der Waals surface area contributed by atoms with Gasteiger partial charge in [0.1, 0.15) is 6.61 Å². The number of carbonyl (C=O) groups is 1. The summed E-state index contributed by atoms with van der Waals surface area (Å²) in [5.74, 6) is 0.310. The smallest absolute Gasteiger partial charge is 0.331 e. The lowest BCUT2D eigenvalue weighted by molar-refractivity contribution is -0.138. The number of sulfonamides is 1. The summed E-state index contributed by atoms with van der Waals surface area (Å²) in [6, 6.07) is 9.72. The minimum absolute atomic E-state index is 0.0663. The number of hydrogen-bond acceptors (Lipinski definition) is 7.